The average Bonchev–Trinajstić information content (AvgIpc) is 2.74. The Balaban J connectivity index is 0.000000178. The van der Waals surface area contributed by atoms with Crippen molar-refractivity contribution in [3.63, 3.8) is 0 Å². The molecule has 5 nitrogen and oxygen atoms in total. The van der Waals surface area contributed by atoms with Crippen LogP contribution in [0.3, 0.4) is 0 Å². The van der Waals surface area contributed by atoms with Gasteiger partial charge in [-0.2, -0.15) is 0 Å². The third-order valence-corrected chi connectivity index (χ3v) is 4.96. The van der Waals surface area contributed by atoms with E-state index >= 15 is 0 Å². The molecule has 0 saturated heterocycles. The van der Waals surface area contributed by atoms with E-state index in [2.05, 4.69) is 41.5 Å². The highest BCUT2D eigenvalue weighted by atomic mass is 16.5. The SMILES string of the molecule is CO.COc1cccc2c1CN(C)CC2.COc1cccc2c1CNCC2. The van der Waals surface area contributed by atoms with Crippen LogP contribution in [0.5, 0.6) is 11.5 Å². The van der Waals surface area contributed by atoms with E-state index in [-0.39, 0.29) is 0 Å². The van der Waals surface area contributed by atoms with Gasteiger partial charge in [0.2, 0.25) is 0 Å². The molecule has 2 aliphatic rings. The predicted octanol–water partition coefficient (Wildman–Crippen LogP) is 2.63. The Bertz CT molecular complexity index is 690. The summed E-state index contributed by atoms with van der Waals surface area (Å²) in [6.07, 6.45) is 2.26. The van der Waals surface area contributed by atoms with E-state index in [1.165, 1.54) is 22.3 Å². The molecule has 0 fully saturated rings. The summed E-state index contributed by atoms with van der Waals surface area (Å²) < 4.78 is 10.6. The van der Waals surface area contributed by atoms with E-state index in [4.69, 9.17) is 14.6 Å². The molecule has 0 saturated carbocycles. The molecule has 0 bridgehead atoms. The molecular weight excluding hydrogens is 340 g/mol. The maximum Gasteiger partial charge on any atom is 0.123 e. The van der Waals surface area contributed by atoms with E-state index in [1.807, 2.05) is 12.1 Å². The Morgan fingerprint density at radius 3 is 2.11 bits per heavy atom. The van der Waals surface area contributed by atoms with E-state index in [9.17, 15) is 0 Å². The van der Waals surface area contributed by atoms with Gasteiger partial charge in [-0.15, -0.1) is 0 Å². The fraction of sp³-hybridized carbons (Fsp3) is 0.455. The first-order valence-electron chi connectivity index (χ1n) is 9.36. The van der Waals surface area contributed by atoms with Gasteiger partial charge in [0.05, 0.1) is 14.2 Å². The highest BCUT2D eigenvalue weighted by Gasteiger charge is 2.16. The molecule has 0 aliphatic carbocycles. The molecule has 0 spiro atoms. The number of nitrogens with zero attached hydrogens (tertiary/aromatic N) is 1. The van der Waals surface area contributed by atoms with Crippen molar-refractivity contribution in [2.45, 2.75) is 25.9 Å². The molecule has 0 unspecified atom stereocenters. The summed E-state index contributed by atoms with van der Waals surface area (Å²) >= 11 is 0. The normalized spacial score (nSPS) is 15.1. The Hall–Kier alpha value is -2.08. The summed E-state index contributed by atoms with van der Waals surface area (Å²) in [5.74, 6) is 2.05. The fourth-order valence-corrected chi connectivity index (χ4v) is 3.55. The zero-order chi connectivity index (χ0) is 19.6. The zero-order valence-electron chi connectivity index (χ0n) is 16.9. The summed E-state index contributed by atoms with van der Waals surface area (Å²) in [5, 5.41) is 10.3. The highest BCUT2D eigenvalue weighted by molar-refractivity contribution is 5.42. The number of methoxy groups -OCH3 is 2. The smallest absolute Gasteiger partial charge is 0.123 e. The number of hydrogen-bond donors (Lipinski definition) is 2. The van der Waals surface area contributed by atoms with Crippen LogP contribution in [0.1, 0.15) is 22.3 Å². The minimum absolute atomic E-state index is 0.944. The third kappa shape index (κ3) is 5.45. The second-order valence-electron chi connectivity index (χ2n) is 6.61. The van der Waals surface area contributed by atoms with Crippen molar-refractivity contribution < 1.29 is 14.6 Å². The molecule has 27 heavy (non-hydrogen) atoms. The summed E-state index contributed by atoms with van der Waals surface area (Å²) in [5.41, 5.74) is 5.55. The number of likely N-dealkylation sites (N-methyl/N-ethyl adjacent to an activating group) is 1. The average molecular weight is 373 g/mol. The molecule has 4 rings (SSSR count). The van der Waals surface area contributed by atoms with Crippen LogP contribution in [0.25, 0.3) is 0 Å². The van der Waals surface area contributed by atoms with Gasteiger partial charge in [0, 0.05) is 37.9 Å². The van der Waals surface area contributed by atoms with Crippen molar-refractivity contribution in [3.8, 4) is 11.5 Å². The highest BCUT2D eigenvalue weighted by Crippen LogP contribution is 2.27. The van der Waals surface area contributed by atoms with E-state index in [1.54, 1.807) is 14.2 Å². The van der Waals surface area contributed by atoms with Crippen LogP contribution in [0.2, 0.25) is 0 Å². The number of fused-ring (bicyclic) bond motifs is 2. The van der Waals surface area contributed by atoms with Crippen LogP contribution in [0, 0.1) is 0 Å². The van der Waals surface area contributed by atoms with Crippen LogP contribution in [0.15, 0.2) is 36.4 Å². The van der Waals surface area contributed by atoms with Crippen molar-refractivity contribution in [1.29, 1.82) is 0 Å². The van der Waals surface area contributed by atoms with Gasteiger partial charge in [-0.3, -0.25) is 0 Å². The van der Waals surface area contributed by atoms with Gasteiger partial charge >= 0.3 is 0 Å². The molecule has 2 aliphatic heterocycles. The lowest BCUT2D eigenvalue weighted by molar-refractivity contribution is 0.302. The first-order chi connectivity index (χ1) is 13.2. The molecule has 0 atom stereocenters. The monoisotopic (exact) mass is 372 g/mol. The lowest BCUT2D eigenvalue weighted by atomic mass is 9.99. The second kappa shape index (κ2) is 10.9. The molecule has 2 heterocycles. The Morgan fingerprint density at radius 2 is 1.48 bits per heavy atom. The van der Waals surface area contributed by atoms with Crippen LogP contribution >= 0.6 is 0 Å². The lowest BCUT2D eigenvalue weighted by Crippen LogP contribution is -2.26. The predicted molar refractivity (Wildman–Crippen MR) is 110 cm³/mol. The first kappa shape index (κ1) is 21.2. The van der Waals surface area contributed by atoms with Gasteiger partial charge in [-0.25, -0.2) is 0 Å². The van der Waals surface area contributed by atoms with Crippen LogP contribution in [-0.2, 0) is 25.9 Å². The van der Waals surface area contributed by atoms with Crippen LogP contribution < -0.4 is 14.8 Å². The van der Waals surface area contributed by atoms with E-state index in [0.717, 1.165) is 57.6 Å². The Morgan fingerprint density at radius 1 is 0.889 bits per heavy atom. The molecular formula is C22H32N2O3. The van der Waals surface area contributed by atoms with Crippen molar-refractivity contribution >= 4 is 0 Å². The largest absolute Gasteiger partial charge is 0.496 e. The Labute approximate surface area is 162 Å². The number of benzene rings is 2. The molecule has 5 heteroatoms. The number of nitrogens with one attached hydrogen (secondary N) is 1. The van der Waals surface area contributed by atoms with Gasteiger partial charge in [0.15, 0.2) is 0 Å². The second-order valence-corrected chi connectivity index (χ2v) is 6.61. The molecule has 2 N–H and O–H groups in total. The van der Waals surface area contributed by atoms with Gasteiger partial charge in [0.1, 0.15) is 11.5 Å². The zero-order valence-corrected chi connectivity index (χ0v) is 16.9. The standard InChI is InChI=1S/C11H15NO.C10H13NO.CH4O/c1-12-7-6-9-4-3-5-11(13-2)10(9)8-12;1-12-10-4-2-3-8-5-6-11-7-9(8)10;1-2/h3-5H,6-8H2,1-2H3;2-4,11H,5-7H2,1H3;2H,1H3. The number of rotatable bonds is 2. The topological polar surface area (TPSA) is 54.0 Å². The summed E-state index contributed by atoms with van der Waals surface area (Å²) in [6.45, 7) is 4.19. The number of aliphatic hydroxyl groups is 1. The quantitative estimate of drug-likeness (QED) is 0.849. The molecule has 2 aromatic carbocycles. The van der Waals surface area contributed by atoms with Gasteiger partial charge in [-0.1, -0.05) is 24.3 Å². The van der Waals surface area contributed by atoms with Gasteiger partial charge in [-0.05, 0) is 49.7 Å². The van der Waals surface area contributed by atoms with Gasteiger partial charge < -0.3 is 24.8 Å². The van der Waals surface area contributed by atoms with Crippen LogP contribution in [0.4, 0.5) is 0 Å². The van der Waals surface area contributed by atoms with Gasteiger partial charge in [0.25, 0.3) is 0 Å². The van der Waals surface area contributed by atoms with Crippen LogP contribution in [-0.4, -0.2) is 51.5 Å². The minimum Gasteiger partial charge on any atom is -0.496 e. The number of ether oxygens (including phenoxy) is 2. The third-order valence-electron chi connectivity index (χ3n) is 4.96. The summed E-state index contributed by atoms with van der Waals surface area (Å²) in [7, 11) is 6.61. The fourth-order valence-electron chi connectivity index (χ4n) is 3.55. The molecule has 148 valence electrons. The molecule has 0 radical (unpaired) electrons. The van der Waals surface area contributed by atoms with Crippen molar-refractivity contribution in [3.05, 3.63) is 58.7 Å². The molecule has 0 amide bonds. The van der Waals surface area contributed by atoms with E-state index < -0.39 is 0 Å². The van der Waals surface area contributed by atoms with E-state index in [0.29, 0.717) is 0 Å². The molecule has 0 aromatic heterocycles. The minimum atomic E-state index is 0.944. The maximum absolute atomic E-state index is 7.00. The van der Waals surface area contributed by atoms with Crippen molar-refractivity contribution in [1.82, 2.24) is 10.2 Å². The summed E-state index contributed by atoms with van der Waals surface area (Å²) in [6, 6.07) is 12.6. The number of hydrogen-bond acceptors (Lipinski definition) is 5. The van der Waals surface area contributed by atoms with Crippen molar-refractivity contribution in [2.75, 3.05) is 41.5 Å². The maximum atomic E-state index is 7.00. The lowest BCUT2D eigenvalue weighted by Gasteiger charge is -2.26. The number of aliphatic hydroxyl groups excluding tert-OH is 1. The van der Waals surface area contributed by atoms with Crippen molar-refractivity contribution in [2.24, 2.45) is 0 Å². The first-order valence-corrected chi connectivity index (χ1v) is 9.36. The summed E-state index contributed by atoms with van der Waals surface area (Å²) in [4.78, 5) is 2.32. The Kier molecular flexibility index (Phi) is 8.58. The molecule has 2 aromatic rings.